The van der Waals surface area contributed by atoms with Crippen molar-refractivity contribution in [3.8, 4) is 0 Å². The molecule has 2 bridgehead atoms. The molecule has 4 atom stereocenters. The van der Waals surface area contributed by atoms with Crippen molar-refractivity contribution in [2.24, 2.45) is 28.5 Å². The smallest absolute Gasteiger partial charge is 0.266 e. The molecule has 3 unspecified atom stereocenters. The Labute approximate surface area is 107 Å². The van der Waals surface area contributed by atoms with Gasteiger partial charge in [0.15, 0.2) is 0 Å². The summed E-state index contributed by atoms with van der Waals surface area (Å²) in [5.41, 5.74) is 5.60. The number of hydrogen-bond donors (Lipinski definition) is 2. The monoisotopic (exact) mass is 278 g/mol. The topological polar surface area (TPSA) is 84.9 Å². The van der Waals surface area contributed by atoms with Crippen LogP contribution in [0, 0.1) is 17.8 Å². The number of fused-ring (bicyclic) bond motifs is 2. The summed E-state index contributed by atoms with van der Waals surface area (Å²) < 4.78 is 23.9. The van der Waals surface area contributed by atoms with E-state index in [1.54, 1.807) is 0 Å². The summed E-state index contributed by atoms with van der Waals surface area (Å²) in [4.78, 5) is 4.21. The third kappa shape index (κ3) is 3.87. The normalized spacial score (nSPS) is 36.1. The summed E-state index contributed by atoms with van der Waals surface area (Å²) in [5, 5.41) is 0. The Morgan fingerprint density at radius 3 is 2.82 bits per heavy atom. The number of hydrogen-bond acceptors (Lipinski definition) is 4. The van der Waals surface area contributed by atoms with Gasteiger partial charge < -0.3 is 5.73 Å². The van der Waals surface area contributed by atoms with Crippen molar-refractivity contribution in [3.05, 3.63) is 0 Å². The van der Waals surface area contributed by atoms with Gasteiger partial charge in [-0.1, -0.05) is 6.42 Å². The zero-order chi connectivity index (χ0) is 12.5. The Morgan fingerprint density at radius 1 is 1.53 bits per heavy atom. The van der Waals surface area contributed by atoms with Crippen LogP contribution < -0.4 is 5.73 Å². The molecule has 2 aliphatic carbocycles. The molecule has 0 aliphatic heterocycles. The van der Waals surface area contributed by atoms with E-state index < -0.39 is 9.05 Å². The Hall–Kier alpha value is -0.240. The fourth-order valence-electron chi connectivity index (χ4n) is 3.02. The van der Waals surface area contributed by atoms with E-state index in [0.717, 1.165) is 11.8 Å². The van der Waals surface area contributed by atoms with Crippen molar-refractivity contribution in [3.63, 3.8) is 0 Å². The van der Waals surface area contributed by atoms with Crippen molar-refractivity contribution in [2.45, 2.75) is 25.7 Å². The molecule has 0 aromatic heterocycles. The van der Waals surface area contributed by atoms with Gasteiger partial charge in [0.1, 0.15) is 12.4 Å². The number of rotatable bonds is 5. The van der Waals surface area contributed by atoms with Crippen LogP contribution in [0.3, 0.4) is 0 Å². The van der Waals surface area contributed by atoms with Gasteiger partial charge in [-0.3, -0.25) is 13.7 Å². The molecule has 0 saturated heterocycles. The van der Waals surface area contributed by atoms with Crippen LogP contribution in [0.5, 0.6) is 0 Å². The molecule has 2 rings (SSSR count). The summed E-state index contributed by atoms with van der Waals surface area (Å²) in [6.07, 6.45) is 5.27. The van der Waals surface area contributed by atoms with Gasteiger partial charge in [0.2, 0.25) is 0 Å². The van der Waals surface area contributed by atoms with Gasteiger partial charge in [-0.05, 0) is 37.0 Å². The first kappa shape index (κ1) is 13.2. The van der Waals surface area contributed by atoms with Gasteiger partial charge in [0.25, 0.3) is 9.05 Å². The van der Waals surface area contributed by atoms with Crippen LogP contribution in [0.2, 0.25) is 0 Å². The average Bonchev–Trinajstić information content (AvgIpc) is 2.84. The second-order valence-electron chi connectivity index (χ2n) is 4.96. The molecule has 2 aliphatic rings. The van der Waals surface area contributed by atoms with E-state index >= 15 is 0 Å². The lowest BCUT2D eigenvalue weighted by atomic mass is 9.89. The van der Waals surface area contributed by atoms with E-state index in [0.29, 0.717) is 12.5 Å². The quantitative estimate of drug-likeness (QED) is 0.577. The van der Waals surface area contributed by atoms with E-state index in [1.807, 2.05) is 0 Å². The number of nitrogens with zero attached hydrogens (tertiary/aromatic N) is 1. The average molecular weight is 278 g/mol. The van der Waals surface area contributed by atoms with Crippen LogP contribution in [0.4, 0.5) is 0 Å². The van der Waals surface area contributed by atoms with Gasteiger partial charge in [-0.25, -0.2) is 0 Å². The van der Waals surface area contributed by atoms with Crippen LogP contribution >= 0.6 is 0 Å². The molecule has 0 aromatic carbocycles. The van der Waals surface area contributed by atoms with Gasteiger partial charge in [-0.2, -0.15) is 4.21 Å². The molecular formula is C10H18N2O3S2. The van der Waals surface area contributed by atoms with E-state index in [1.165, 1.54) is 25.7 Å². The third-order valence-corrected chi connectivity index (χ3v) is 4.47. The van der Waals surface area contributed by atoms with E-state index in [-0.39, 0.29) is 12.4 Å². The van der Waals surface area contributed by atoms with Crippen LogP contribution in [-0.2, 0) is 24.4 Å². The van der Waals surface area contributed by atoms with E-state index in [2.05, 4.69) is 20.4 Å². The third-order valence-electron chi connectivity index (χ3n) is 3.77. The van der Waals surface area contributed by atoms with Crippen LogP contribution in [0.25, 0.3) is 0 Å². The number of nitrogens with two attached hydrogens (primary N) is 1. The number of amidine groups is 1. The second-order valence-corrected chi connectivity index (χ2v) is 7.31. The molecule has 0 heterocycles. The largest absolute Gasteiger partial charge is 0.385 e. The lowest BCUT2D eigenvalue weighted by Gasteiger charge is -2.19. The summed E-state index contributed by atoms with van der Waals surface area (Å²) in [6, 6.07) is 0. The van der Waals surface area contributed by atoms with Crippen molar-refractivity contribution in [2.75, 3.05) is 13.2 Å². The summed E-state index contributed by atoms with van der Waals surface area (Å²) in [5.74, 6) is 2.58. The van der Waals surface area contributed by atoms with Gasteiger partial charge in [-0.15, -0.1) is 0 Å². The summed E-state index contributed by atoms with van der Waals surface area (Å²) in [6.45, 7) is 0.542. The van der Waals surface area contributed by atoms with Crippen LogP contribution in [-0.4, -0.2) is 27.7 Å². The minimum atomic E-state index is -3.59. The molecule has 2 saturated carbocycles. The fourth-order valence-corrected chi connectivity index (χ4v) is 3.43. The predicted molar refractivity (Wildman–Crippen MR) is 69.5 cm³/mol. The molecule has 0 radical (unpaired) electrons. The lowest BCUT2D eigenvalue weighted by molar-refractivity contribution is 0.336. The maximum absolute atomic E-state index is 10.7. The lowest BCUT2D eigenvalue weighted by Crippen LogP contribution is -2.23. The highest BCUT2D eigenvalue weighted by Crippen LogP contribution is 2.48. The highest BCUT2D eigenvalue weighted by atomic mass is 32.9. The minimum Gasteiger partial charge on any atom is -0.385 e. The predicted octanol–water partition coefficient (Wildman–Crippen LogP) is 0.931. The molecule has 2 fully saturated rings. The zero-order valence-corrected chi connectivity index (χ0v) is 11.2. The standard InChI is InChI=1S/C10H18N2O3S2/c11-10(6-15-17(13,14)16)12-5-9-4-7-1-2-8(9)3-7/h7-9H,1-6H2,(H2,11,12)(H,13,14,16)/t7?,8?,9-/m1/s1. The van der Waals surface area contributed by atoms with E-state index in [9.17, 15) is 4.21 Å². The molecule has 0 spiro atoms. The van der Waals surface area contributed by atoms with Crippen molar-refractivity contribution >= 4 is 26.1 Å². The Bertz CT molecular complexity index is 408. The van der Waals surface area contributed by atoms with E-state index in [4.69, 9.17) is 10.3 Å². The SMILES string of the molecule is NC(COS(=O)(O)=S)=NC[C@H]1CC2CCC1C2. The highest BCUT2D eigenvalue weighted by molar-refractivity contribution is 8.27. The first-order valence-corrected chi connectivity index (χ1v) is 8.21. The molecule has 7 heteroatoms. The molecule has 0 aromatic rings. The molecular weight excluding hydrogens is 260 g/mol. The maximum Gasteiger partial charge on any atom is 0.266 e. The van der Waals surface area contributed by atoms with Crippen LogP contribution in [0.1, 0.15) is 25.7 Å². The molecule has 3 N–H and O–H groups in total. The molecule has 0 amide bonds. The Kier molecular flexibility index (Phi) is 4.02. The number of aliphatic imine (C=N–C) groups is 1. The van der Waals surface area contributed by atoms with Crippen molar-refractivity contribution in [1.29, 1.82) is 0 Å². The van der Waals surface area contributed by atoms with Gasteiger partial charge in [0.05, 0.1) is 0 Å². The zero-order valence-electron chi connectivity index (χ0n) is 9.58. The van der Waals surface area contributed by atoms with Gasteiger partial charge >= 0.3 is 0 Å². The summed E-state index contributed by atoms with van der Waals surface area (Å²) >= 11 is 4.19. The molecule has 17 heavy (non-hydrogen) atoms. The van der Waals surface area contributed by atoms with Crippen LogP contribution in [0.15, 0.2) is 4.99 Å². The fraction of sp³-hybridized carbons (Fsp3) is 0.900. The highest BCUT2D eigenvalue weighted by Gasteiger charge is 2.38. The van der Waals surface area contributed by atoms with Crippen molar-refractivity contribution < 1.29 is 12.9 Å². The van der Waals surface area contributed by atoms with Crippen molar-refractivity contribution in [1.82, 2.24) is 0 Å². The second kappa shape index (κ2) is 5.17. The maximum atomic E-state index is 10.7. The molecule has 98 valence electrons. The summed E-state index contributed by atoms with van der Waals surface area (Å²) in [7, 11) is -3.59. The molecule has 5 nitrogen and oxygen atoms in total. The Balaban J connectivity index is 1.76. The minimum absolute atomic E-state index is 0.167. The Morgan fingerprint density at radius 2 is 2.29 bits per heavy atom. The first-order chi connectivity index (χ1) is 7.94. The van der Waals surface area contributed by atoms with Gasteiger partial charge in [0, 0.05) is 17.7 Å². The first-order valence-electron chi connectivity index (χ1n) is 5.84.